The van der Waals surface area contributed by atoms with Crippen molar-refractivity contribution < 1.29 is 22.6 Å². The Balaban J connectivity index is 1.58. The fourth-order valence-electron chi connectivity index (χ4n) is 2.99. The zero-order valence-corrected chi connectivity index (χ0v) is 17.1. The van der Waals surface area contributed by atoms with Crippen LogP contribution in [0.25, 0.3) is 22.6 Å². The lowest BCUT2D eigenvalue weighted by molar-refractivity contribution is 0.0931. The maximum atomic E-state index is 14.4. The van der Waals surface area contributed by atoms with Crippen LogP contribution in [0.3, 0.4) is 0 Å². The van der Waals surface area contributed by atoms with Crippen molar-refractivity contribution in [3.05, 3.63) is 76.3 Å². The first-order chi connectivity index (χ1) is 14.8. The molecule has 0 fully saturated rings. The highest BCUT2D eigenvalue weighted by molar-refractivity contribution is 6.33. The van der Waals surface area contributed by atoms with E-state index in [1.165, 1.54) is 49.4 Å². The number of hydrogen-bond donors (Lipinski definition) is 1. The van der Waals surface area contributed by atoms with E-state index in [4.69, 9.17) is 20.6 Å². The first kappa shape index (κ1) is 20.7. The fourth-order valence-corrected chi connectivity index (χ4v) is 3.24. The molecule has 0 spiro atoms. The summed E-state index contributed by atoms with van der Waals surface area (Å²) >= 11 is 6.11. The van der Waals surface area contributed by atoms with Gasteiger partial charge in [-0.25, -0.2) is 8.78 Å². The summed E-state index contributed by atoms with van der Waals surface area (Å²) < 4.78 is 37.8. The summed E-state index contributed by atoms with van der Waals surface area (Å²) in [4.78, 5) is 17.2. The molecule has 0 unspecified atom stereocenters. The predicted molar refractivity (Wildman–Crippen MR) is 107 cm³/mol. The van der Waals surface area contributed by atoms with Crippen molar-refractivity contribution in [2.45, 2.75) is 19.9 Å². The third kappa shape index (κ3) is 4.04. The Hall–Kier alpha value is -3.59. The number of hydrogen-bond acceptors (Lipinski definition) is 6. The molecule has 0 saturated carbocycles. The third-order valence-electron chi connectivity index (χ3n) is 4.55. The molecule has 0 saturated heterocycles. The Morgan fingerprint density at radius 2 is 1.84 bits per heavy atom. The SMILES string of the molecule is Cc1onc(-c2c(F)cccc2Cl)c1C(=O)N[C@@H](C)c1nc(-c2ccc(F)cc2)no1. The lowest BCUT2D eigenvalue weighted by Gasteiger charge is -2.10. The van der Waals surface area contributed by atoms with Gasteiger partial charge in [-0.15, -0.1) is 0 Å². The molecule has 2 aromatic carbocycles. The van der Waals surface area contributed by atoms with Crippen molar-refractivity contribution in [1.29, 1.82) is 0 Å². The number of carbonyl (C=O) groups excluding carboxylic acids is 1. The highest BCUT2D eigenvalue weighted by Crippen LogP contribution is 2.33. The second kappa shape index (κ2) is 8.27. The minimum atomic E-state index is -0.688. The lowest BCUT2D eigenvalue weighted by atomic mass is 10.0. The van der Waals surface area contributed by atoms with Crippen LogP contribution in [0, 0.1) is 18.6 Å². The lowest BCUT2D eigenvalue weighted by Crippen LogP contribution is -2.27. The zero-order chi connectivity index (χ0) is 22.1. The van der Waals surface area contributed by atoms with Crippen LogP contribution < -0.4 is 5.32 Å². The molecule has 0 bridgehead atoms. The van der Waals surface area contributed by atoms with Gasteiger partial charge in [-0.1, -0.05) is 28.0 Å². The molecule has 0 aliphatic carbocycles. The average molecular weight is 445 g/mol. The third-order valence-corrected chi connectivity index (χ3v) is 4.87. The van der Waals surface area contributed by atoms with E-state index in [1.54, 1.807) is 6.92 Å². The van der Waals surface area contributed by atoms with E-state index in [1.807, 2.05) is 0 Å². The number of benzene rings is 2. The van der Waals surface area contributed by atoms with Crippen molar-refractivity contribution in [1.82, 2.24) is 20.6 Å². The van der Waals surface area contributed by atoms with Gasteiger partial charge in [0, 0.05) is 5.56 Å². The molecule has 1 N–H and O–H groups in total. The normalized spacial score (nSPS) is 12.0. The van der Waals surface area contributed by atoms with Crippen LogP contribution in [0.15, 0.2) is 51.5 Å². The van der Waals surface area contributed by atoms with Crippen LogP contribution in [-0.2, 0) is 0 Å². The predicted octanol–water partition coefficient (Wildman–Crippen LogP) is 5.12. The molecule has 31 heavy (non-hydrogen) atoms. The maximum Gasteiger partial charge on any atom is 0.257 e. The molecule has 10 heteroatoms. The van der Waals surface area contributed by atoms with E-state index in [0.29, 0.717) is 5.56 Å². The number of nitrogens with zero attached hydrogens (tertiary/aromatic N) is 3. The summed E-state index contributed by atoms with van der Waals surface area (Å²) in [6.45, 7) is 3.17. The molecular formula is C21H15ClF2N4O3. The molecule has 1 atom stereocenters. The number of rotatable bonds is 5. The number of aromatic nitrogens is 3. The van der Waals surface area contributed by atoms with Gasteiger partial charge >= 0.3 is 0 Å². The Bertz CT molecular complexity index is 1230. The first-order valence-electron chi connectivity index (χ1n) is 9.16. The molecule has 2 aromatic heterocycles. The van der Waals surface area contributed by atoms with E-state index in [-0.39, 0.29) is 45.1 Å². The van der Waals surface area contributed by atoms with Gasteiger partial charge < -0.3 is 14.4 Å². The van der Waals surface area contributed by atoms with E-state index < -0.39 is 17.8 Å². The molecular weight excluding hydrogens is 430 g/mol. The summed E-state index contributed by atoms with van der Waals surface area (Å²) in [7, 11) is 0. The van der Waals surface area contributed by atoms with Gasteiger partial charge in [0.15, 0.2) is 0 Å². The second-order valence-electron chi connectivity index (χ2n) is 6.72. The van der Waals surface area contributed by atoms with Gasteiger partial charge in [0.2, 0.25) is 11.7 Å². The highest BCUT2D eigenvalue weighted by Gasteiger charge is 2.27. The molecule has 158 valence electrons. The zero-order valence-electron chi connectivity index (χ0n) is 16.3. The molecule has 1 amide bonds. The van der Waals surface area contributed by atoms with E-state index in [0.717, 1.165) is 0 Å². The molecule has 2 heterocycles. The Morgan fingerprint density at radius 3 is 2.55 bits per heavy atom. The molecule has 0 aliphatic heterocycles. The smallest absolute Gasteiger partial charge is 0.257 e. The van der Waals surface area contributed by atoms with E-state index >= 15 is 0 Å². The van der Waals surface area contributed by atoms with Crippen molar-refractivity contribution >= 4 is 17.5 Å². The van der Waals surface area contributed by atoms with Crippen LogP contribution in [0.5, 0.6) is 0 Å². The quantitative estimate of drug-likeness (QED) is 0.459. The standard InChI is InChI=1S/C21H15ClF2N4O3/c1-10(21-26-19(28-31-21)12-6-8-13(23)9-7-12)25-20(29)16-11(2)30-27-18(16)17-14(22)4-3-5-15(17)24/h3-10H,1-2H3,(H,25,29)/t10-/m0/s1. The Kier molecular flexibility index (Phi) is 5.51. The summed E-state index contributed by atoms with van der Waals surface area (Å²) in [5.74, 6) is -1.03. The summed E-state index contributed by atoms with van der Waals surface area (Å²) in [5.41, 5.74) is 0.552. The molecule has 4 rings (SSSR count). The van der Waals surface area contributed by atoms with Gasteiger partial charge in [0.25, 0.3) is 5.91 Å². The fraction of sp³-hybridized carbons (Fsp3) is 0.143. The summed E-state index contributed by atoms with van der Waals surface area (Å²) in [6, 6.07) is 9.04. The number of nitrogens with one attached hydrogen (secondary N) is 1. The van der Waals surface area contributed by atoms with Crippen LogP contribution in [-0.4, -0.2) is 21.2 Å². The minimum absolute atomic E-state index is 0.0113. The number of aryl methyl sites for hydroxylation is 1. The van der Waals surface area contributed by atoms with Crippen molar-refractivity contribution in [3.8, 4) is 22.6 Å². The van der Waals surface area contributed by atoms with Gasteiger partial charge in [-0.3, -0.25) is 4.79 Å². The van der Waals surface area contributed by atoms with Gasteiger partial charge in [-0.2, -0.15) is 4.98 Å². The molecule has 4 aromatic rings. The Morgan fingerprint density at radius 1 is 1.10 bits per heavy atom. The van der Waals surface area contributed by atoms with Crippen molar-refractivity contribution in [2.24, 2.45) is 0 Å². The van der Waals surface area contributed by atoms with Crippen LogP contribution in [0.2, 0.25) is 5.02 Å². The number of amides is 1. The molecule has 0 radical (unpaired) electrons. The summed E-state index contributed by atoms with van der Waals surface area (Å²) in [6.07, 6.45) is 0. The number of carbonyl (C=O) groups is 1. The highest BCUT2D eigenvalue weighted by atomic mass is 35.5. The van der Waals surface area contributed by atoms with Crippen molar-refractivity contribution in [2.75, 3.05) is 0 Å². The van der Waals surface area contributed by atoms with Gasteiger partial charge in [0.05, 0.1) is 10.6 Å². The van der Waals surface area contributed by atoms with E-state index in [2.05, 4.69) is 20.6 Å². The van der Waals surface area contributed by atoms with Gasteiger partial charge in [-0.05, 0) is 50.2 Å². The number of halogens is 3. The first-order valence-corrected chi connectivity index (χ1v) is 9.54. The van der Waals surface area contributed by atoms with Crippen LogP contribution in [0.1, 0.15) is 35.0 Å². The largest absolute Gasteiger partial charge is 0.360 e. The van der Waals surface area contributed by atoms with E-state index in [9.17, 15) is 13.6 Å². The van der Waals surface area contributed by atoms with Crippen LogP contribution >= 0.6 is 11.6 Å². The molecule has 7 nitrogen and oxygen atoms in total. The molecule has 0 aliphatic rings. The van der Waals surface area contributed by atoms with Crippen molar-refractivity contribution in [3.63, 3.8) is 0 Å². The van der Waals surface area contributed by atoms with Gasteiger partial charge in [0.1, 0.15) is 34.7 Å². The second-order valence-corrected chi connectivity index (χ2v) is 7.12. The monoisotopic (exact) mass is 444 g/mol. The Labute approximate surface area is 180 Å². The minimum Gasteiger partial charge on any atom is -0.360 e. The average Bonchev–Trinajstić information content (AvgIpc) is 3.36. The maximum absolute atomic E-state index is 14.4. The van der Waals surface area contributed by atoms with Crippen LogP contribution in [0.4, 0.5) is 8.78 Å². The topological polar surface area (TPSA) is 94.1 Å². The summed E-state index contributed by atoms with van der Waals surface area (Å²) in [5, 5.41) is 10.5.